The number of nitro benzene ring substituents is 1. The number of rotatable bonds is 7. The summed E-state index contributed by atoms with van der Waals surface area (Å²) in [7, 11) is 0. The van der Waals surface area contributed by atoms with E-state index in [9.17, 15) is 29.3 Å². The lowest BCUT2D eigenvalue weighted by Crippen LogP contribution is -2.43. The van der Waals surface area contributed by atoms with Crippen molar-refractivity contribution >= 4 is 29.3 Å². The van der Waals surface area contributed by atoms with Gasteiger partial charge in [-0.25, -0.2) is 4.79 Å². The Kier molecular flexibility index (Phi) is 7.45. The third-order valence-electron chi connectivity index (χ3n) is 4.70. The number of nitro groups is 1. The van der Waals surface area contributed by atoms with Gasteiger partial charge in [-0.15, -0.1) is 0 Å². The average molecular weight is 461 g/mol. The molecule has 2 N–H and O–H groups in total. The Morgan fingerprint density at radius 1 is 0.824 bits per heavy atom. The molecule has 0 aliphatic rings. The third kappa shape index (κ3) is 5.88. The molecule has 0 spiro atoms. The number of ketones is 1. The summed E-state index contributed by atoms with van der Waals surface area (Å²) in [4.78, 5) is 59.4. The van der Waals surface area contributed by atoms with Gasteiger partial charge in [0.05, 0.1) is 10.5 Å². The van der Waals surface area contributed by atoms with Gasteiger partial charge in [-0.2, -0.15) is 0 Å². The Bertz CT molecular complexity index is 1250. The minimum atomic E-state index is -0.882. The van der Waals surface area contributed by atoms with E-state index in [4.69, 9.17) is 4.74 Å². The number of nitrogens with zero attached hydrogens (tertiary/aromatic N) is 1. The van der Waals surface area contributed by atoms with Crippen molar-refractivity contribution in [2.75, 3.05) is 6.61 Å². The van der Waals surface area contributed by atoms with E-state index in [0.717, 1.165) is 17.7 Å². The molecule has 0 radical (unpaired) electrons. The van der Waals surface area contributed by atoms with Crippen molar-refractivity contribution in [3.63, 3.8) is 0 Å². The molecule has 0 aliphatic carbocycles. The van der Waals surface area contributed by atoms with Gasteiger partial charge in [0.25, 0.3) is 17.5 Å². The van der Waals surface area contributed by atoms with E-state index >= 15 is 0 Å². The second kappa shape index (κ2) is 10.6. The molecule has 3 aromatic rings. The van der Waals surface area contributed by atoms with Crippen LogP contribution in [0.15, 0.2) is 72.8 Å². The Balaban J connectivity index is 1.57. The normalized spacial score (nSPS) is 10.1. The molecule has 0 atom stereocenters. The molecular weight excluding hydrogens is 442 g/mol. The molecule has 0 saturated heterocycles. The number of carbonyl (C=O) groups excluding carboxylic acids is 4. The van der Waals surface area contributed by atoms with Crippen molar-refractivity contribution in [2.24, 2.45) is 0 Å². The molecular formula is C24H19N3O7. The monoisotopic (exact) mass is 461 g/mol. The largest absolute Gasteiger partial charge is 0.452 e. The average Bonchev–Trinajstić information content (AvgIpc) is 2.85. The summed E-state index contributed by atoms with van der Waals surface area (Å²) in [5, 5.41) is 10.7. The fourth-order valence-electron chi connectivity index (χ4n) is 2.90. The predicted molar refractivity (Wildman–Crippen MR) is 120 cm³/mol. The van der Waals surface area contributed by atoms with Crippen LogP contribution in [0.4, 0.5) is 5.69 Å². The molecule has 172 valence electrons. The molecule has 0 saturated carbocycles. The summed E-state index contributed by atoms with van der Waals surface area (Å²) in [5.74, 6) is -2.80. The number of ether oxygens (including phenoxy) is 1. The maximum absolute atomic E-state index is 12.8. The number of hydrogen-bond acceptors (Lipinski definition) is 7. The van der Waals surface area contributed by atoms with Crippen LogP contribution in [0.2, 0.25) is 0 Å². The molecule has 10 nitrogen and oxygen atoms in total. The minimum absolute atomic E-state index is 0.00390. The van der Waals surface area contributed by atoms with E-state index in [2.05, 4.69) is 10.9 Å². The maximum Gasteiger partial charge on any atom is 0.339 e. The molecule has 10 heteroatoms. The van der Waals surface area contributed by atoms with Crippen molar-refractivity contribution in [1.29, 1.82) is 0 Å². The molecule has 3 rings (SSSR count). The summed E-state index contributed by atoms with van der Waals surface area (Å²) in [6.45, 7) is 1.17. The first kappa shape index (κ1) is 23.8. The molecule has 3 aromatic carbocycles. The molecule has 34 heavy (non-hydrogen) atoms. The first-order valence-corrected chi connectivity index (χ1v) is 9.97. The van der Waals surface area contributed by atoms with Crippen molar-refractivity contribution in [3.05, 3.63) is 111 Å². The molecule has 0 fully saturated rings. The van der Waals surface area contributed by atoms with Crippen LogP contribution < -0.4 is 10.9 Å². The van der Waals surface area contributed by atoms with Crippen molar-refractivity contribution < 1.29 is 28.8 Å². The fraction of sp³-hybridized carbons (Fsp3) is 0.0833. The molecule has 0 aromatic heterocycles. The lowest BCUT2D eigenvalue weighted by molar-refractivity contribution is -0.384. The van der Waals surface area contributed by atoms with Gasteiger partial charge in [0, 0.05) is 28.8 Å². The number of hydrogen-bond donors (Lipinski definition) is 2. The van der Waals surface area contributed by atoms with Crippen LogP contribution in [0.5, 0.6) is 0 Å². The molecule has 2 amide bonds. The van der Waals surface area contributed by atoms with E-state index in [1.165, 1.54) is 24.3 Å². The van der Waals surface area contributed by atoms with Gasteiger partial charge in [-0.3, -0.25) is 35.3 Å². The minimum Gasteiger partial charge on any atom is -0.452 e. The Morgan fingerprint density at radius 2 is 1.41 bits per heavy atom. The number of nitrogens with one attached hydrogen (secondary N) is 2. The van der Waals surface area contributed by atoms with Gasteiger partial charge in [-0.05, 0) is 25.1 Å². The number of benzene rings is 3. The van der Waals surface area contributed by atoms with Gasteiger partial charge in [-0.1, -0.05) is 48.0 Å². The lowest BCUT2D eigenvalue weighted by Gasteiger charge is -2.10. The van der Waals surface area contributed by atoms with Crippen LogP contribution in [0.1, 0.15) is 42.2 Å². The number of amides is 2. The molecule has 0 unspecified atom stereocenters. The van der Waals surface area contributed by atoms with E-state index in [1.54, 1.807) is 36.4 Å². The Labute approximate surface area is 193 Å². The maximum atomic E-state index is 12.8. The summed E-state index contributed by atoms with van der Waals surface area (Å²) < 4.78 is 4.99. The van der Waals surface area contributed by atoms with Gasteiger partial charge in [0.1, 0.15) is 0 Å². The quantitative estimate of drug-likeness (QED) is 0.238. The second-order valence-corrected chi connectivity index (χ2v) is 7.12. The van der Waals surface area contributed by atoms with Crippen LogP contribution in [-0.4, -0.2) is 35.1 Å². The number of non-ortho nitro benzene ring substituents is 1. The number of hydrazine groups is 1. The zero-order chi connectivity index (χ0) is 24.7. The van der Waals surface area contributed by atoms with Gasteiger partial charge in [0.15, 0.2) is 12.4 Å². The van der Waals surface area contributed by atoms with Crippen molar-refractivity contribution in [1.82, 2.24) is 10.9 Å². The van der Waals surface area contributed by atoms with E-state index in [-0.39, 0.29) is 28.2 Å². The highest BCUT2D eigenvalue weighted by Gasteiger charge is 2.20. The van der Waals surface area contributed by atoms with Crippen LogP contribution in [0, 0.1) is 17.0 Å². The summed E-state index contributed by atoms with van der Waals surface area (Å²) in [5.41, 5.74) is 5.59. The highest BCUT2D eigenvalue weighted by Crippen LogP contribution is 2.16. The molecule has 0 aliphatic heterocycles. The van der Waals surface area contributed by atoms with E-state index in [1.807, 2.05) is 6.92 Å². The topological polar surface area (TPSA) is 145 Å². The number of carbonyl (C=O) groups is 4. The number of esters is 1. The zero-order valence-electron chi connectivity index (χ0n) is 17.9. The standard InChI is InChI=1S/C24H19N3O7/c1-15-6-8-16(9-7-15)22(29)19-4-2-3-5-20(19)24(31)34-14-21(28)25-26-23(30)17-10-12-18(13-11-17)27(32)33/h2-13H,14H2,1H3,(H,25,28)(H,26,30). The summed E-state index contributed by atoms with van der Waals surface area (Å²) in [6, 6.07) is 17.7. The smallest absolute Gasteiger partial charge is 0.339 e. The van der Waals surface area contributed by atoms with Crippen molar-refractivity contribution in [2.45, 2.75) is 6.92 Å². The van der Waals surface area contributed by atoms with Gasteiger partial charge < -0.3 is 4.74 Å². The number of aryl methyl sites for hydroxylation is 1. The summed E-state index contributed by atoms with van der Waals surface area (Å²) >= 11 is 0. The first-order chi connectivity index (χ1) is 16.3. The van der Waals surface area contributed by atoms with Crippen LogP contribution in [-0.2, 0) is 9.53 Å². The summed E-state index contributed by atoms with van der Waals surface area (Å²) in [6.07, 6.45) is 0. The third-order valence-corrected chi connectivity index (χ3v) is 4.70. The highest BCUT2D eigenvalue weighted by molar-refractivity contribution is 6.14. The van der Waals surface area contributed by atoms with Gasteiger partial charge in [0.2, 0.25) is 0 Å². The van der Waals surface area contributed by atoms with E-state index in [0.29, 0.717) is 5.56 Å². The second-order valence-electron chi connectivity index (χ2n) is 7.12. The Hall–Kier alpha value is -4.86. The molecule has 0 bridgehead atoms. The Morgan fingerprint density at radius 3 is 2.03 bits per heavy atom. The highest BCUT2D eigenvalue weighted by atomic mass is 16.6. The predicted octanol–water partition coefficient (Wildman–Crippen LogP) is 2.75. The van der Waals surface area contributed by atoms with E-state index < -0.39 is 29.3 Å². The molecule has 0 heterocycles. The van der Waals surface area contributed by atoms with Gasteiger partial charge >= 0.3 is 5.97 Å². The van der Waals surface area contributed by atoms with Crippen LogP contribution in [0.25, 0.3) is 0 Å². The van der Waals surface area contributed by atoms with Crippen LogP contribution in [0.3, 0.4) is 0 Å². The van der Waals surface area contributed by atoms with Crippen LogP contribution >= 0.6 is 0 Å². The van der Waals surface area contributed by atoms with Crippen molar-refractivity contribution in [3.8, 4) is 0 Å². The SMILES string of the molecule is Cc1ccc(C(=O)c2ccccc2C(=O)OCC(=O)NNC(=O)c2ccc([N+](=O)[O-])cc2)cc1. The zero-order valence-corrected chi connectivity index (χ0v) is 17.9. The lowest BCUT2D eigenvalue weighted by atomic mass is 9.98. The fourth-order valence-corrected chi connectivity index (χ4v) is 2.90. The first-order valence-electron chi connectivity index (χ1n) is 9.97.